The minimum Gasteiger partial charge on any atom is -0.283 e. The van der Waals surface area contributed by atoms with Crippen molar-refractivity contribution in [3.8, 4) is 0 Å². The number of nitrogens with one attached hydrogen (secondary N) is 1. The molecule has 1 N–H and O–H groups in total. The summed E-state index contributed by atoms with van der Waals surface area (Å²) >= 11 is 1.61. The topological polar surface area (TPSA) is 46.2 Å². The van der Waals surface area contributed by atoms with Gasteiger partial charge in [0.05, 0.1) is 11.9 Å². The molecule has 3 nitrogen and oxygen atoms in total. The highest BCUT2D eigenvalue weighted by molar-refractivity contribution is 7.98. The van der Waals surface area contributed by atoms with E-state index in [1.807, 2.05) is 32.2 Å². The summed E-state index contributed by atoms with van der Waals surface area (Å²) in [7, 11) is -3.20. The van der Waals surface area contributed by atoms with Gasteiger partial charge >= 0.3 is 0 Å². The molecule has 0 unspecified atom stereocenters. The Bertz CT molecular complexity index is 467. The predicted molar refractivity (Wildman–Crippen MR) is 66.2 cm³/mol. The van der Waals surface area contributed by atoms with Crippen molar-refractivity contribution in [1.82, 2.24) is 0 Å². The first-order chi connectivity index (χ1) is 6.83. The third-order valence-electron chi connectivity index (χ3n) is 2.04. The molecular formula is C10H15NO2S2. The SMILES string of the molecule is CSc1cc(NS(C)(=O)=O)c(C)cc1C. The first kappa shape index (κ1) is 12.4. The van der Waals surface area contributed by atoms with Gasteiger partial charge in [-0.2, -0.15) is 0 Å². The first-order valence-corrected chi connectivity index (χ1v) is 7.58. The number of sulfonamides is 1. The summed E-state index contributed by atoms with van der Waals surface area (Å²) in [4.78, 5) is 1.09. The van der Waals surface area contributed by atoms with Crippen LogP contribution in [0.15, 0.2) is 17.0 Å². The maximum atomic E-state index is 11.1. The smallest absolute Gasteiger partial charge is 0.229 e. The Labute approximate surface area is 95.3 Å². The van der Waals surface area contributed by atoms with Gasteiger partial charge in [0.1, 0.15) is 0 Å². The van der Waals surface area contributed by atoms with Crippen LogP contribution in [0.5, 0.6) is 0 Å². The van der Waals surface area contributed by atoms with E-state index in [1.54, 1.807) is 11.8 Å². The van der Waals surface area contributed by atoms with E-state index in [0.29, 0.717) is 5.69 Å². The van der Waals surface area contributed by atoms with Crippen LogP contribution in [0, 0.1) is 13.8 Å². The zero-order valence-corrected chi connectivity index (χ0v) is 10.9. The fourth-order valence-electron chi connectivity index (χ4n) is 1.36. The monoisotopic (exact) mass is 245 g/mol. The molecule has 0 aliphatic heterocycles. The summed E-state index contributed by atoms with van der Waals surface area (Å²) in [6, 6.07) is 3.86. The lowest BCUT2D eigenvalue weighted by Gasteiger charge is -2.11. The molecule has 0 saturated heterocycles. The van der Waals surface area contributed by atoms with Crippen molar-refractivity contribution in [2.45, 2.75) is 18.7 Å². The van der Waals surface area contributed by atoms with Gasteiger partial charge in [-0.15, -0.1) is 11.8 Å². The summed E-state index contributed by atoms with van der Waals surface area (Å²) in [5.74, 6) is 0. The predicted octanol–water partition coefficient (Wildman–Crippen LogP) is 2.40. The molecule has 0 aliphatic carbocycles. The third kappa shape index (κ3) is 3.43. The number of rotatable bonds is 3. The van der Waals surface area contributed by atoms with Crippen molar-refractivity contribution < 1.29 is 8.42 Å². The highest BCUT2D eigenvalue weighted by Crippen LogP contribution is 2.27. The maximum absolute atomic E-state index is 11.1. The van der Waals surface area contributed by atoms with Crippen molar-refractivity contribution in [2.24, 2.45) is 0 Å². The molecule has 0 spiro atoms. The molecule has 0 heterocycles. The van der Waals surface area contributed by atoms with Crippen molar-refractivity contribution in [3.05, 3.63) is 23.3 Å². The lowest BCUT2D eigenvalue weighted by molar-refractivity contribution is 0.606. The third-order valence-corrected chi connectivity index (χ3v) is 3.51. The summed E-state index contributed by atoms with van der Waals surface area (Å²) in [6.07, 6.45) is 3.13. The average molecular weight is 245 g/mol. The van der Waals surface area contributed by atoms with Crippen molar-refractivity contribution in [3.63, 3.8) is 0 Å². The fourth-order valence-corrected chi connectivity index (χ4v) is 2.60. The van der Waals surface area contributed by atoms with Gasteiger partial charge in [0.2, 0.25) is 10.0 Å². The second-order valence-corrected chi connectivity index (χ2v) is 6.11. The van der Waals surface area contributed by atoms with E-state index < -0.39 is 10.0 Å². The molecule has 0 bridgehead atoms. The molecule has 0 saturated carbocycles. The summed E-state index contributed by atoms with van der Waals surface area (Å²) < 4.78 is 24.7. The first-order valence-electron chi connectivity index (χ1n) is 4.46. The molecule has 0 aliphatic rings. The van der Waals surface area contributed by atoms with Crippen LogP contribution in [0.4, 0.5) is 5.69 Å². The Morgan fingerprint density at radius 3 is 2.27 bits per heavy atom. The van der Waals surface area contributed by atoms with E-state index in [1.165, 1.54) is 5.56 Å². The fraction of sp³-hybridized carbons (Fsp3) is 0.400. The highest BCUT2D eigenvalue weighted by Gasteiger charge is 2.07. The van der Waals surface area contributed by atoms with Crippen LogP contribution < -0.4 is 4.72 Å². The molecule has 5 heteroatoms. The van der Waals surface area contributed by atoms with E-state index in [2.05, 4.69) is 4.72 Å². The Morgan fingerprint density at radius 1 is 1.20 bits per heavy atom. The number of aryl methyl sites for hydroxylation is 2. The van der Waals surface area contributed by atoms with Crippen LogP contribution in [0.1, 0.15) is 11.1 Å². The second-order valence-electron chi connectivity index (χ2n) is 3.51. The number of thioether (sulfide) groups is 1. The molecule has 1 rings (SSSR count). The van der Waals surface area contributed by atoms with Crippen LogP contribution in [0.2, 0.25) is 0 Å². The summed E-state index contributed by atoms with van der Waals surface area (Å²) in [5.41, 5.74) is 2.77. The number of anilines is 1. The van der Waals surface area contributed by atoms with Crippen molar-refractivity contribution >= 4 is 27.5 Å². The molecule has 0 amide bonds. The van der Waals surface area contributed by atoms with Gasteiger partial charge in [-0.25, -0.2) is 8.42 Å². The van der Waals surface area contributed by atoms with Gasteiger partial charge in [0.25, 0.3) is 0 Å². The number of hydrogen-bond acceptors (Lipinski definition) is 3. The molecular weight excluding hydrogens is 230 g/mol. The lowest BCUT2D eigenvalue weighted by atomic mass is 10.1. The minimum atomic E-state index is -3.20. The van der Waals surface area contributed by atoms with E-state index in [4.69, 9.17) is 0 Å². The molecule has 84 valence electrons. The standard InChI is InChI=1S/C10H15NO2S2/c1-7-5-8(2)10(14-3)6-9(7)11-15(4,12)13/h5-6,11H,1-4H3. The van der Waals surface area contributed by atoms with Crippen LogP contribution in [-0.4, -0.2) is 20.9 Å². The molecule has 1 aromatic rings. The van der Waals surface area contributed by atoms with Gasteiger partial charge < -0.3 is 0 Å². The van der Waals surface area contributed by atoms with E-state index in [9.17, 15) is 8.42 Å². The molecule has 15 heavy (non-hydrogen) atoms. The highest BCUT2D eigenvalue weighted by atomic mass is 32.2. The van der Waals surface area contributed by atoms with Gasteiger partial charge in [0, 0.05) is 4.90 Å². The van der Waals surface area contributed by atoms with E-state index in [-0.39, 0.29) is 0 Å². The van der Waals surface area contributed by atoms with Crippen LogP contribution in [0.25, 0.3) is 0 Å². The Balaban J connectivity index is 3.19. The minimum absolute atomic E-state index is 0.660. The van der Waals surface area contributed by atoms with E-state index >= 15 is 0 Å². The van der Waals surface area contributed by atoms with Crippen LogP contribution in [-0.2, 0) is 10.0 Å². The molecule has 0 radical (unpaired) electrons. The zero-order valence-electron chi connectivity index (χ0n) is 9.29. The van der Waals surface area contributed by atoms with Crippen LogP contribution in [0.3, 0.4) is 0 Å². The Morgan fingerprint density at radius 2 is 1.80 bits per heavy atom. The summed E-state index contributed by atoms with van der Waals surface area (Å²) in [5, 5.41) is 0. The molecule has 0 fully saturated rings. The Hall–Kier alpha value is -0.680. The quantitative estimate of drug-likeness (QED) is 0.832. The largest absolute Gasteiger partial charge is 0.283 e. The van der Waals surface area contributed by atoms with Gasteiger partial charge in [-0.3, -0.25) is 4.72 Å². The molecule has 0 aromatic heterocycles. The van der Waals surface area contributed by atoms with Crippen molar-refractivity contribution in [1.29, 1.82) is 0 Å². The van der Waals surface area contributed by atoms with Crippen molar-refractivity contribution in [2.75, 3.05) is 17.2 Å². The Kier molecular flexibility index (Phi) is 3.67. The summed E-state index contributed by atoms with van der Waals surface area (Å²) in [6.45, 7) is 3.91. The zero-order chi connectivity index (χ0) is 11.6. The maximum Gasteiger partial charge on any atom is 0.229 e. The van der Waals surface area contributed by atoms with Gasteiger partial charge in [0.15, 0.2) is 0 Å². The number of hydrogen-bond donors (Lipinski definition) is 1. The molecule has 0 atom stereocenters. The van der Waals surface area contributed by atoms with Gasteiger partial charge in [-0.05, 0) is 37.3 Å². The lowest BCUT2D eigenvalue weighted by Crippen LogP contribution is -2.10. The average Bonchev–Trinajstić information content (AvgIpc) is 2.07. The number of benzene rings is 1. The second kappa shape index (κ2) is 4.45. The normalized spacial score (nSPS) is 11.5. The van der Waals surface area contributed by atoms with Crippen LogP contribution >= 0.6 is 11.8 Å². The van der Waals surface area contributed by atoms with Gasteiger partial charge in [-0.1, -0.05) is 6.07 Å². The molecule has 1 aromatic carbocycles. The van der Waals surface area contributed by atoms with E-state index in [0.717, 1.165) is 16.7 Å².